The molecule has 0 spiro atoms. The minimum Gasteiger partial charge on any atom is -0.507 e. The molecule has 0 aliphatic heterocycles. The van der Waals surface area contributed by atoms with E-state index in [9.17, 15) is 19.5 Å². The molecule has 1 aromatic carbocycles. The van der Waals surface area contributed by atoms with Crippen LogP contribution in [0, 0.1) is 6.92 Å². The zero-order valence-electron chi connectivity index (χ0n) is 19.9. The smallest absolute Gasteiger partial charge is 0.408 e. The first kappa shape index (κ1) is 26.3. The fourth-order valence-corrected chi connectivity index (χ4v) is 3.08. The molecule has 0 fully saturated rings. The maximum atomic E-state index is 13.2. The Bertz CT molecular complexity index is 786. The number of para-hydroxylation sites is 1. The summed E-state index contributed by atoms with van der Waals surface area (Å²) in [5, 5.41) is 16.0. The molecule has 31 heavy (non-hydrogen) atoms. The van der Waals surface area contributed by atoms with Crippen molar-refractivity contribution in [3.8, 4) is 5.75 Å². The van der Waals surface area contributed by atoms with E-state index < -0.39 is 29.6 Å². The summed E-state index contributed by atoms with van der Waals surface area (Å²) in [7, 11) is 0. The van der Waals surface area contributed by atoms with Gasteiger partial charge in [-0.1, -0.05) is 25.1 Å². The molecule has 0 aliphatic carbocycles. The van der Waals surface area contributed by atoms with Crippen molar-refractivity contribution in [2.24, 2.45) is 0 Å². The zero-order valence-corrected chi connectivity index (χ0v) is 19.9. The first-order valence-electron chi connectivity index (χ1n) is 10.6. The molecule has 0 saturated carbocycles. The number of nitrogens with zero attached hydrogens (tertiary/aromatic N) is 1. The molecule has 3 N–H and O–H groups in total. The molecule has 0 saturated heterocycles. The number of phenols is 1. The number of aromatic hydroxyl groups is 1. The van der Waals surface area contributed by atoms with Gasteiger partial charge < -0.3 is 25.4 Å². The average Bonchev–Trinajstić information content (AvgIpc) is 2.64. The highest BCUT2D eigenvalue weighted by Gasteiger charge is 2.36. The Hall–Kier alpha value is -2.77. The fourth-order valence-electron chi connectivity index (χ4n) is 3.08. The number of aryl methyl sites for hydroxylation is 1. The van der Waals surface area contributed by atoms with E-state index in [1.165, 1.54) is 4.90 Å². The normalized spacial score (nSPS) is 13.3. The molecule has 0 bridgehead atoms. The van der Waals surface area contributed by atoms with Crippen LogP contribution < -0.4 is 10.6 Å². The number of alkyl carbamates (subject to hydrolysis) is 1. The number of carbonyl (C=O) groups excluding carboxylic acids is 3. The number of rotatable bonds is 8. The summed E-state index contributed by atoms with van der Waals surface area (Å²) in [4.78, 5) is 39.8. The molecular formula is C23H37N3O5. The monoisotopic (exact) mass is 435 g/mol. The van der Waals surface area contributed by atoms with Crippen molar-refractivity contribution in [2.75, 3.05) is 6.54 Å². The average molecular weight is 436 g/mol. The number of ether oxygens (including phenoxy) is 1. The zero-order chi connectivity index (χ0) is 23.9. The van der Waals surface area contributed by atoms with E-state index in [-0.39, 0.29) is 24.4 Å². The van der Waals surface area contributed by atoms with Gasteiger partial charge >= 0.3 is 6.09 Å². The summed E-state index contributed by atoms with van der Waals surface area (Å²) < 4.78 is 5.19. The molecule has 8 heteroatoms. The lowest BCUT2D eigenvalue weighted by Crippen LogP contribution is -2.51. The lowest BCUT2D eigenvalue weighted by Gasteiger charge is -2.36. The highest BCUT2D eigenvalue weighted by Crippen LogP contribution is 2.33. The summed E-state index contributed by atoms with van der Waals surface area (Å²) in [6, 6.07) is 3.57. The molecule has 1 rings (SSSR count). The van der Waals surface area contributed by atoms with Gasteiger partial charge in [0.2, 0.25) is 11.8 Å². The molecule has 0 aromatic heterocycles. The van der Waals surface area contributed by atoms with Crippen molar-refractivity contribution in [3.63, 3.8) is 0 Å². The molecule has 2 atom stereocenters. The fraction of sp³-hybridized carbons (Fsp3) is 0.609. The topological polar surface area (TPSA) is 108 Å². The second-order valence-corrected chi connectivity index (χ2v) is 8.99. The van der Waals surface area contributed by atoms with Crippen LogP contribution in [-0.4, -0.2) is 52.1 Å². The third-order valence-electron chi connectivity index (χ3n) is 4.66. The van der Waals surface area contributed by atoms with E-state index in [4.69, 9.17) is 4.74 Å². The molecule has 0 aliphatic rings. The van der Waals surface area contributed by atoms with Crippen molar-refractivity contribution >= 4 is 17.9 Å². The Morgan fingerprint density at radius 2 is 1.77 bits per heavy atom. The lowest BCUT2D eigenvalue weighted by atomic mass is 9.98. The Morgan fingerprint density at radius 1 is 1.16 bits per heavy atom. The van der Waals surface area contributed by atoms with Gasteiger partial charge in [-0.3, -0.25) is 9.59 Å². The summed E-state index contributed by atoms with van der Waals surface area (Å²) in [6.07, 6.45) is -0.137. The SMILES string of the molecule is CCC(C)N(C(=O)CNC(=O)OC(C)(C)C)C(C(=O)NC(C)C)c1cccc(C)c1O. The second-order valence-electron chi connectivity index (χ2n) is 8.99. The van der Waals surface area contributed by atoms with Crippen LogP contribution in [0.4, 0.5) is 4.79 Å². The van der Waals surface area contributed by atoms with Gasteiger partial charge in [0.05, 0.1) is 0 Å². The van der Waals surface area contributed by atoms with E-state index in [1.54, 1.807) is 45.9 Å². The van der Waals surface area contributed by atoms with Crippen LogP contribution in [0.5, 0.6) is 5.75 Å². The van der Waals surface area contributed by atoms with Crippen molar-refractivity contribution in [2.45, 2.75) is 85.5 Å². The van der Waals surface area contributed by atoms with Gasteiger partial charge in [-0.25, -0.2) is 4.79 Å². The van der Waals surface area contributed by atoms with Crippen LogP contribution in [0.15, 0.2) is 18.2 Å². The van der Waals surface area contributed by atoms with Crippen molar-refractivity contribution < 1.29 is 24.2 Å². The van der Waals surface area contributed by atoms with Gasteiger partial charge in [0.25, 0.3) is 0 Å². The molecule has 174 valence electrons. The highest BCUT2D eigenvalue weighted by molar-refractivity contribution is 5.91. The summed E-state index contributed by atoms with van der Waals surface area (Å²) >= 11 is 0. The molecule has 1 aromatic rings. The third kappa shape index (κ3) is 7.77. The lowest BCUT2D eigenvalue weighted by molar-refractivity contribution is -0.143. The van der Waals surface area contributed by atoms with E-state index in [0.717, 1.165) is 0 Å². The Morgan fingerprint density at radius 3 is 2.29 bits per heavy atom. The minimum atomic E-state index is -1.05. The number of carbonyl (C=O) groups is 3. The molecule has 2 unspecified atom stereocenters. The number of benzene rings is 1. The van der Waals surface area contributed by atoms with Crippen molar-refractivity contribution in [1.82, 2.24) is 15.5 Å². The maximum Gasteiger partial charge on any atom is 0.408 e. The summed E-state index contributed by atoms with van der Waals surface area (Å²) in [6.45, 7) is 14.0. The maximum absolute atomic E-state index is 13.2. The van der Waals surface area contributed by atoms with E-state index in [2.05, 4.69) is 10.6 Å². The van der Waals surface area contributed by atoms with Crippen molar-refractivity contribution in [3.05, 3.63) is 29.3 Å². The van der Waals surface area contributed by atoms with Crippen LogP contribution in [0.25, 0.3) is 0 Å². The van der Waals surface area contributed by atoms with Crippen LogP contribution in [0.1, 0.15) is 72.1 Å². The number of nitrogens with one attached hydrogen (secondary N) is 2. The number of hydrogen-bond donors (Lipinski definition) is 3. The van der Waals surface area contributed by atoms with Gasteiger partial charge in [0.15, 0.2) is 0 Å². The van der Waals surface area contributed by atoms with Gasteiger partial charge in [-0.15, -0.1) is 0 Å². The van der Waals surface area contributed by atoms with Crippen LogP contribution in [-0.2, 0) is 14.3 Å². The second kappa shape index (κ2) is 11.0. The predicted octanol–water partition coefficient (Wildman–Crippen LogP) is 3.42. The number of amides is 3. The number of hydrogen-bond acceptors (Lipinski definition) is 5. The van der Waals surface area contributed by atoms with Gasteiger partial charge in [-0.05, 0) is 60.5 Å². The highest BCUT2D eigenvalue weighted by atomic mass is 16.6. The predicted molar refractivity (Wildman–Crippen MR) is 120 cm³/mol. The molecule has 0 radical (unpaired) electrons. The molecular weight excluding hydrogens is 398 g/mol. The van der Waals surface area contributed by atoms with Gasteiger partial charge in [0.1, 0.15) is 23.9 Å². The Balaban J connectivity index is 3.32. The summed E-state index contributed by atoms with van der Waals surface area (Å²) in [5.41, 5.74) is 0.240. The van der Waals surface area contributed by atoms with Gasteiger partial charge in [0, 0.05) is 17.6 Å². The van der Waals surface area contributed by atoms with Gasteiger partial charge in [-0.2, -0.15) is 0 Å². The third-order valence-corrected chi connectivity index (χ3v) is 4.66. The molecule has 8 nitrogen and oxygen atoms in total. The first-order chi connectivity index (χ1) is 14.3. The van der Waals surface area contributed by atoms with E-state index >= 15 is 0 Å². The Labute approximate surface area is 185 Å². The first-order valence-corrected chi connectivity index (χ1v) is 10.6. The van der Waals surface area contributed by atoms with E-state index in [0.29, 0.717) is 17.5 Å². The van der Waals surface area contributed by atoms with Crippen LogP contribution >= 0.6 is 0 Å². The van der Waals surface area contributed by atoms with Crippen LogP contribution in [0.3, 0.4) is 0 Å². The quantitative estimate of drug-likeness (QED) is 0.580. The van der Waals surface area contributed by atoms with Crippen molar-refractivity contribution in [1.29, 1.82) is 0 Å². The largest absolute Gasteiger partial charge is 0.507 e. The minimum absolute atomic E-state index is 0.0346. The molecule has 0 heterocycles. The summed E-state index contributed by atoms with van der Waals surface area (Å²) in [5.74, 6) is -0.889. The molecule has 3 amide bonds. The van der Waals surface area contributed by atoms with Crippen LogP contribution in [0.2, 0.25) is 0 Å². The van der Waals surface area contributed by atoms with E-state index in [1.807, 2.05) is 27.7 Å². The Kier molecular flexibility index (Phi) is 9.34. The standard InChI is InChI=1S/C23H37N3O5/c1-9-16(5)26(18(27)13-24-22(30)31-23(6,7)8)19(21(29)25-14(2)3)17-12-10-11-15(4)20(17)28/h10-12,14,16,19,28H,9,13H2,1-8H3,(H,24,30)(H,25,29). The number of phenolic OH excluding ortho intramolecular Hbond substituents is 1.